The van der Waals surface area contributed by atoms with Crippen molar-refractivity contribution in [2.75, 3.05) is 24.5 Å². The van der Waals surface area contributed by atoms with Crippen LogP contribution in [0.5, 0.6) is 0 Å². The normalized spacial score (nSPS) is 17.0. The Labute approximate surface area is 162 Å². The second-order valence-corrected chi connectivity index (χ2v) is 6.51. The summed E-state index contributed by atoms with van der Waals surface area (Å²) in [5.74, 6) is 0.0953. The fraction of sp³-hybridized carbons (Fsp3) is 0.588. The molecule has 0 aliphatic carbocycles. The van der Waals surface area contributed by atoms with Crippen LogP contribution in [0.2, 0.25) is 5.02 Å². The summed E-state index contributed by atoms with van der Waals surface area (Å²) in [5.41, 5.74) is 6.54. The molecule has 1 aliphatic heterocycles. The number of halogens is 3. The lowest BCUT2D eigenvalue weighted by Crippen LogP contribution is -2.49. The summed E-state index contributed by atoms with van der Waals surface area (Å²) in [6.45, 7) is 6.21. The van der Waals surface area contributed by atoms with E-state index in [1.54, 1.807) is 0 Å². The van der Waals surface area contributed by atoms with Gasteiger partial charge in [-0.15, -0.1) is 24.8 Å². The molecule has 1 aromatic rings. The van der Waals surface area contributed by atoms with Gasteiger partial charge in [0.15, 0.2) is 0 Å². The third-order valence-corrected chi connectivity index (χ3v) is 5.16. The average Bonchev–Trinajstić information content (AvgIpc) is 2.98. The minimum Gasteiger partial charge on any atom is -0.369 e. The fourth-order valence-corrected chi connectivity index (χ4v) is 3.26. The Kier molecular flexibility index (Phi) is 10.0. The van der Waals surface area contributed by atoms with E-state index in [0.717, 1.165) is 43.1 Å². The topological polar surface area (TPSA) is 58.4 Å². The number of rotatable bonds is 6. The summed E-state index contributed by atoms with van der Waals surface area (Å²) >= 11 is 6.05. The van der Waals surface area contributed by atoms with Gasteiger partial charge in [-0.1, -0.05) is 31.5 Å². The van der Waals surface area contributed by atoms with Crippen molar-refractivity contribution in [3.05, 3.63) is 29.3 Å². The number of nitrogens with one attached hydrogen (secondary N) is 1. The van der Waals surface area contributed by atoms with Crippen LogP contribution in [0.15, 0.2) is 24.3 Å². The molecule has 1 aromatic carbocycles. The first-order chi connectivity index (χ1) is 10.5. The molecule has 1 amide bonds. The number of carbonyl (C=O) groups excluding carboxylic acids is 1. The molecule has 7 heteroatoms. The van der Waals surface area contributed by atoms with Crippen LogP contribution in [0.25, 0.3) is 0 Å². The maximum Gasteiger partial charge on any atom is 0.227 e. The van der Waals surface area contributed by atoms with Gasteiger partial charge in [0.25, 0.3) is 0 Å². The molecule has 0 aromatic heterocycles. The minimum absolute atomic E-state index is 0. The molecule has 0 radical (unpaired) electrons. The van der Waals surface area contributed by atoms with Crippen LogP contribution >= 0.6 is 36.4 Å². The maximum absolute atomic E-state index is 12.6. The molecule has 138 valence electrons. The van der Waals surface area contributed by atoms with Gasteiger partial charge < -0.3 is 16.0 Å². The van der Waals surface area contributed by atoms with E-state index in [1.165, 1.54) is 0 Å². The van der Waals surface area contributed by atoms with Crippen molar-refractivity contribution in [1.82, 2.24) is 5.32 Å². The van der Waals surface area contributed by atoms with Crippen LogP contribution < -0.4 is 16.0 Å². The lowest BCUT2D eigenvalue weighted by Gasteiger charge is -2.30. The van der Waals surface area contributed by atoms with Gasteiger partial charge in [-0.2, -0.15) is 0 Å². The number of carbonyl (C=O) groups is 1. The summed E-state index contributed by atoms with van der Waals surface area (Å²) in [6, 6.07) is 8.03. The third kappa shape index (κ3) is 5.16. The lowest BCUT2D eigenvalue weighted by atomic mass is 9.81. The Morgan fingerprint density at radius 3 is 2.58 bits per heavy atom. The summed E-state index contributed by atoms with van der Waals surface area (Å²) in [4.78, 5) is 14.8. The molecule has 1 atom stereocenters. The zero-order chi connectivity index (χ0) is 16.2. The lowest BCUT2D eigenvalue weighted by molar-refractivity contribution is -0.131. The molecule has 0 saturated carbocycles. The molecular weight excluding hydrogens is 369 g/mol. The molecule has 3 N–H and O–H groups in total. The van der Waals surface area contributed by atoms with E-state index in [9.17, 15) is 4.79 Å². The minimum atomic E-state index is -0.427. The highest BCUT2D eigenvalue weighted by molar-refractivity contribution is 6.30. The van der Waals surface area contributed by atoms with Crippen LogP contribution in [-0.4, -0.2) is 31.6 Å². The molecule has 1 unspecified atom stereocenters. The monoisotopic (exact) mass is 395 g/mol. The summed E-state index contributed by atoms with van der Waals surface area (Å²) in [5, 5.41) is 3.93. The average molecular weight is 397 g/mol. The van der Waals surface area contributed by atoms with Gasteiger partial charge in [-0.25, -0.2) is 0 Å². The first kappa shape index (κ1) is 23.3. The highest BCUT2D eigenvalue weighted by Gasteiger charge is 2.35. The highest BCUT2D eigenvalue weighted by Crippen LogP contribution is 2.27. The molecule has 0 bridgehead atoms. The van der Waals surface area contributed by atoms with Crippen molar-refractivity contribution in [2.24, 2.45) is 11.1 Å². The molecular formula is C17H28Cl3N3O. The van der Waals surface area contributed by atoms with E-state index in [-0.39, 0.29) is 36.8 Å². The van der Waals surface area contributed by atoms with Crippen LogP contribution in [0, 0.1) is 5.41 Å². The van der Waals surface area contributed by atoms with Crippen molar-refractivity contribution < 1.29 is 4.79 Å². The highest BCUT2D eigenvalue weighted by atomic mass is 35.5. The third-order valence-electron chi connectivity index (χ3n) is 4.92. The second kappa shape index (κ2) is 10.3. The number of nitrogens with zero attached hydrogens (tertiary/aromatic N) is 1. The number of hydrogen-bond donors (Lipinski definition) is 2. The van der Waals surface area contributed by atoms with Crippen LogP contribution in [-0.2, 0) is 4.79 Å². The summed E-state index contributed by atoms with van der Waals surface area (Å²) in [7, 11) is 0. The van der Waals surface area contributed by atoms with Gasteiger partial charge in [-0.05, 0) is 37.5 Å². The number of anilines is 1. The molecule has 1 fully saturated rings. The maximum atomic E-state index is 12.6. The Morgan fingerprint density at radius 1 is 1.38 bits per heavy atom. The molecule has 1 heterocycles. The van der Waals surface area contributed by atoms with Gasteiger partial charge >= 0.3 is 0 Å². The fourth-order valence-electron chi connectivity index (χ4n) is 3.08. The molecule has 2 rings (SSSR count). The molecule has 0 spiro atoms. The largest absolute Gasteiger partial charge is 0.369 e. The molecule has 24 heavy (non-hydrogen) atoms. The number of hydrogen-bond acceptors (Lipinski definition) is 3. The first-order valence-corrected chi connectivity index (χ1v) is 8.44. The van der Waals surface area contributed by atoms with E-state index in [1.807, 2.05) is 32.0 Å². The Morgan fingerprint density at radius 2 is 2.04 bits per heavy atom. The zero-order valence-corrected chi connectivity index (χ0v) is 16.6. The van der Waals surface area contributed by atoms with E-state index in [4.69, 9.17) is 17.3 Å². The van der Waals surface area contributed by atoms with Crippen LogP contribution in [0.1, 0.15) is 33.1 Å². The smallest absolute Gasteiger partial charge is 0.227 e. The second-order valence-electron chi connectivity index (χ2n) is 6.08. The van der Waals surface area contributed by atoms with Crippen molar-refractivity contribution in [3.63, 3.8) is 0 Å². The summed E-state index contributed by atoms with van der Waals surface area (Å²) in [6.07, 6.45) is 2.50. The quantitative estimate of drug-likeness (QED) is 0.771. The predicted octanol–water partition coefficient (Wildman–Crippen LogP) is 3.64. The van der Waals surface area contributed by atoms with E-state index in [0.29, 0.717) is 6.54 Å². The Balaban J connectivity index is 0.00000264. The van der Waals surface area contributed by atoms with Gasteiger partial charge in [0.05, 0.1) is 5.41 Å². The zero-order valence-electron chi connectivity index (χ0n) is 14.3. The van der Waals surface area contributed by atoms with Crippen LogP contribution in [0.3, 0.4) is 0 Å². The molecule has 4 nitrogen and oxygen atoms in total. The first-order valence-electron chi connectivity index (χ1n) is 8.06. The van der Waals surface area contributed by atoms with E-state index in [2.05, 4.69) is 16.3 Å². The molecule has 1 aliphatic rings. The van der Waals surface area contributed by atoms with Gasteiger partial charge in [-0.3, -0.25) is 4.79 Å². The van der Waals surface area contributed by atoms with Gasteiger partial charge in [0, 0.05) is 36.4 Å². The SMILES string of the molecule is CCC(CC)(CN)C(=O)NC1CCN(c2cccc(Cl)c2)C1.Cl.Cl. The van der Waals surface area contributed by atoms with Crippen molar-refractivity contribution in [2.45, 2.75) is 39.2 Å². The Hall–Kier alpha value is -0.680. The van der Waals surface area contributed by atoms with Crippen LogP contribution in [0.4, 0.5) is 5.69 Å². The van der Waals surface area contributed by atoms with Crippen molar-refractivity contribution in [1.29, 1.82) is 0 Å². The number of nitrogens with two attached hydrogens (primary N) is 1. The molecule has 1 saturated heterocycles. The van der Waals surface area contributed by atoms with Crippen molar-refractivity contribution >= 4 is 48.0 Å². The summed E-state index contributed by atoms with van der Waals surface area (Å²) < 4.78 is 0. The predicted molar refractivity (Wildman–Crippen MR) is 107 cm³/mol. The number of amides is 1. The standard InChI is InChI=1S/C17H26ClN3O.2ClH/c1-3-17(4-2,12-19)16(22)20-14-8-9-21(11-14)15-7-5-6-13(18)10-15;;/h5-7,10,14H,3-4,8-9,11-12,19H2,1-2H3,(H,20,22);2*1H. The van der Waals surface area contributed by atoms with Gasteiger partial charge in [0.2, 0.25) is 5.91 Å². The Bertz CT molecular complexity index is 515. The van der Waals surface area contributed by atoms with E-state index >= 15 is 0 Å². The number of benzene rings is 1. The van der Waals surface area contributed by atoms with Gasteiger partial charge in [0.1, 0.15) is 0 Å². The van der Waals surface area contributed by atoms with Crippen molar-refractivity contribution in [3.8, 4) is 0 Å². The van der Waals surface area contributed by atoms with E-state index < -0.39 is 5.41 Å².